The van der Waals surface area contributed by atoms with Gasteiger partial charge in [-0.15, -0.1) is 0 Å². The number of hydrogen-bond donors (Lipinski definition) is 1. The smallest absolute Gasteiger partial charge is 0.0295 e. The van der Waals surface area contributed by atoms with Crippen molar-refractivity contribution in [3.8, 4) is 0 Å². The molecule has 2 rings (SSSR count). The van der Waals surface area contributed by atoms with Crippen LogP contribution in [0.2, 0.25) is 0 Å². The molecule has 0 unspecified atom stereocenters. The first-order valence-corrected chi connectivity index (χ1v) is 7.63. The van der Waals surface area contributed by atoms with Crippen LogP contribution < -0.4 is 5.32 Å². The molecule has 0 amide bonds. The second-order valence-corrected chi connectivity index (χ2v) is 7.08. The maximum absolute atomic E-state index is 4.08. The number of nitrogens with zero attached hydrogens (tertiary/aromatic N) is 1. The normalized spacial score (nSPS) is 26.1. The quantitative estimate of drug-likeness (QED) is 0.874. The van der Waals surface area contributed by atoms with Gasteiger partial charge in [0.2, 0.25) is 0 Å². The topological polar surface area (TPSA) is 24.9 Å². The lowest BCUT2D eigenvalue weighted by atomic mass is 9.71. The molecule has 2 nitrogen and oxygen atoms in total. The molecule has 0 bridgehead atoms. The summed E-state index contributed by atoms with van der Waals surface area (Å²) in [6.45, 7) is 9.40. The molecule has 1 aromatic rings. The standard InChI is InChI=1S/C17H28N2/c1-13(14-9-11-18-12-10-14)19-16-7-5-15(6-8-16)17(2,3)4/h9-13,15-16,19H,5-8H2,1-4H3/t13-,15?,16?/m1/s1. The van der Waals surface area contributed by atoms with Gasteiger partial charge in [-0.25, -0.2) is 0 Å². The van der Waals surface area contributed by atoms with E-state index in [9.17, 15) is 0 Å². The minimum absolute atomic E-state index is 0.430. The zero-order valence-corrected chi connectivity index (χ0v) is 12.8. The summed E-state index contributed by atoms with van der Waals surface area (Å²) in [5.41, 5.74) is 1.81. The van der Waals surface area contributed by atoms with Crippen molar-refractivity contribution in [2.45, 2.75) is 65.5 Å². The molecule has 1 aliphatic rings. The Hall–Kier alpha value is -0.890. The zero-order chi connectivity index (χ0) is 13.9. The summed E-state index contributed by atoms with van der Waals surface area (Å²) in [4.78, 5) is 4.08. The van der Waals surface area contributed by atoms with Crippen molar-refractivity contribution in [3.63, 3.8) is 0 Å². The molecule has 1 N–H and O–H groups in total. The summed E-state index contributed by atoms with van der Waals surface area (Å²) in [5, 5.41) is 3.78. The Morgan fingerprint density at radius 2 is 1.68 bits per heavy atom. The van der Waals surface area contributed by atoms with Gasteiger partial charge < -0.3 is 5.32 Å². The monoisotopic (exact) mass is 260 g/mol. The summed E-state index contributed by atoms with van der Waals surface area (Å²) in [5.74, 6) is 0.891. The fourth-order valence-electron chi connectivity index (χ4n) is 3.23. The van der Waals surface area contributed by atoms with Crippen molar-refractivity contribution in [2.24, 2.45) is 11.3 Å². The van der Waals surface area contributed by atoms with Gasteiger partial charge >= 0.3 is 0 Å². The Morgan fingerprint density at radius 3 is 2.21 bits per heavy atom. The van der Waals surface area contributed by atoms with E-state index in [2.05, 4.69) is 50.1 Å². The van der Waals surface area contributed by atoms with Crippen LogP contribution in [-0.2, 0) is 0 Å². The van der Waals surface area contributed by atoms with E-state index < -0.39 is 0 Å². The van der Waals surface area contributed by atoms with E-state index in [1.165, 1.54) is 31.2 Å². The molecular formula is C17H28N2. The number of hydrogen-bond acceptors (Lipinski definition) is 2. The molecule has 1 fully saturated rings. The largest absolute Gasteiger partial charge is 0.307 e. The molecule has 1 aliphatic carbocycles. The lowest BCUT2D eigenvalue weighted by Gasteiger charge is -2.38. The molecule has 0 radical (unpaired) electrons. The SMILES string of the molecule is C[C@@H](NC1CCC(C(C)(C)C)CC1)c1ccncc1. The molecule has 0 aliphatic heterocycles. The van der Waals surface area contributed by atoms with Crippen LogP contribution >= 0.6 is 0 Å². The van der Waals surface area contributed by atoms with E-state index in [1.54, 1.807) is 0 Å². The van der Waals surface area contributed by atoms with Crippen LogP contribution in [0, 0.1) is 11.3 Å². The highest BCUT2D eigenvalue weighted by atomic mass is 14.9. The summed E-state index contributed by atoms with van der Waals surface area (Å²) in [6, 6.07) is 5.33. The van der Waals surface area contributed by atoms with Crippen molar-refractivity contribution in [1.29, 1.82) is 0 Å². The maximum atomic E-state index is 4.08. The summed E-state index contributed by atoms with van der Waals surface area (Å²) in [6.07, 6.45) is 9.12. The highest BCUT2D eigenvalue weighted by Gasteiger charge is 2.29. The van der Waals surface area contributed by atoms with Gasteiger partial charge in [0.15, 0.2) is 0 Å². The molecule has 0 saturated heterocycles. The third kappa shape index (κ3) is 4.04. The van der Waals surface area contributed by atoms with Gasteiger partial charge in [0.25, 0.3) is 0 Å². The van der Waals surface area contributed by atoms with E-state index in [0.717, 1.165) is 5.92 Å². The highest BCUT2D eigenvalue weighted by Crippen LogP contribution is 2.38. The third-order valence-corrected chi connectivity index (χ3v) is 4.64. The van der Waals surface area contributed by atoms with Crippen molar-refractivity contribution < 1.29 is 0 Å². The third-order valence-electron chi connectivity index (χ3n) is 4.64. The lowest BCUT2D eigenvalue weighted by molar-refractivity contribution is 0.157. The zero-order valence-electron chi connectivity index (χ0n) is 12.8. The Labute approximate surface area is 118 Å². The fraction of sp³-hybridized carbons (Fsp3) is 0.706. The van der Waals surface area contributed by atoms with Crippen LogP contribution in [0.15, 0.2) is 24.5 Å². The maximum Gasteiger partial charge on any atom is 0.0295 e. The van der Waals surface area contributed by atoms with E-state index in [1.807, 2.05) is 12.4 Å². The first-order valence-electron chi connectivity index (χ1n) is 7.63. The summed E-state index contributed by atoms with van der Waals surface area (Å²) < 4.78 is 0. The molecule has 1 atom stereocenters. The van der Waals surface area contributed by atoms with Crippen LogP contribution in [0.3, 0.4) is 0 Å². The lowest BCUT2D eigenvalue weighted by Crippen LogP contribution is -2.37. The van der Waals surface area contributed by atoms with Gasteiger partial charge in [-0.05, 0) is 61.6 Å². The van der Waals surface area contributed by atoms with Crippen LogP contribution in [0.1, 0.15) is 65.0 Å². The van der Waals surface area contributed by atoms with E-state index in [0.29, 0.717) is 17.5 Å². The molecule has 19 heavy (non-hydrogen) atoms. The molecule has 0 spiro atoms. The summed E-state index contributed by atoms with van der Waals surface area (Å²) >= 11 is 0. The van der Waals surface area contributed by atoms with Gasteiger partial charge in [0.05, 0.1) is 0 Å². The van der Waals surface area contributed by atoms with E-state index >= 15 is 0 Å². The molecule has 1 heterocycles. The predicted molar refractivity (Wildman–Crippen MR) is 81.0 cm³/mol. The number of aromatic nitrogens is 1. The van der Waals surface area contributed by atoms with Crippen LogP contribution in [0.25, 0.3) is 0 Å². The van der Waals surface area contributed by atoms with Gasteiger partial charge in [0.1, 0.15) is 0 Å². The molecule has 106 valence electrons. The van der Waals surface area contributed by atoms with Gasteiger partial charge in [-0.3, -0.25) is 4.98 Å². The fourth-order valence-corrected chi connectivity index (χ4v) is 3.23. The number of rotatable bonds is 3. The first-order chi connectivity index (χ1) is 8.97. The molecular weight excluding hydrogens is 232 g/mol. The average Bonchev–Trinajstić information content (AvgIpc) is 2.39. The highest BCUT2D eigenvalue weighted by molar-refractivity contribution is 5.14. The molecule has 0 aromatic carbocycles. The predicted octanol–water partition coefficient (Wildman–Crippen LogP) is 4.34. The average molecular weight is 260 g/mol. The minimum atomic E-state index is 0.430. The van der Waals surface area contributed by atoms with Crippen molar-refractivity contribution in [2.75, 3.05) is 0 Å². The van der Waals surface area contributed by atoms with Crippen molar-refractivity contribution in [3.05, 3.63) is 30.1 Å². The van der Waals surface area contributed by atoms with Gasteiger partial charge in [-0.1, -0.05) is 20.8 Å². The van der Waals surface area contributed by atoms with Crippen LogP contribution in [-0.4, -0.2) is 11.0 Å². The van der Waals surface area contributed by atoms with Crippen LogP contribution in [0.4, 0.5) is 0 Å². The molecule has 1 saturated carbocycles. The number of nitrogens with one attached hydrogen (secondary N) is 1. The summed E-state index contributed by atoms with van der Waals surface area (Å²) in [7, 11) is 0. The van der Waals surface area contributed by atoms with Crippen LogP contribution in [0.5, 0.6) is 0 Å². The van der Waals surface area contributed by atoms with E-state index in [-0.39, 0.29) is 0 Å². The van der Waals surface area contributed by atoms with Gasteiger partial charge in [-0.2, -0.15) is 0 Å². The first kappa shape index (κ1) is 14.5. The molecule has 2 heteroatoms. The number of pyridine rings is 1. The Kier molecular flexibility index (Phi) is 4.62. The Morgan fingerprint density at radius 1 is 1.11 bits per heavy atom. The Balaban J connectivity index is 1.83. The second kappa shape index (κ2) is 6.04. The van der Waals surface area contributed by atoms with Crippen molar-refractivity contribution >= 4 is 0 Å². The van der Waals surface area contributed by atoms with Gasteiger partial charge in [0, 0.05) is 24.5 Å². The molecule has 1 aromatic heterocycles. The van der Waals surface area contributed by atoms with Crippen molar-refractivity contribution in [1.82, 2.24) is 10.3 Å². The van der Waals surface area contributed by atoms with E-state index in [4.69, 9.17) is 0 Å². The second-order valence-electron chi connectivity index (χ2n) is 7.08. The minimum Gasteiger partial charge on any atom is -0.307 e. The Bertz CT molecular complexity index is 372.